The number of benzene rings is 6. The Morgan fingerprint density at radius 1 is 0.726 bits per heavy atom. The van der Waals surface area contributed by atoms with Gasteiger partial charge in [0.25, 0.3) is 5.09 Å². The van der Waals surface area contributed by atoms with Crippen molar-refractivity contribution < 1.29 is 19.5 Å². The molecule has 0 aliphatic carbocycles. The zero-order valence-electron chi connectivity index (χ0n) is 33.9. The van der Waals surface area contributed by atoms with Crippen molar-refractivity contribution in [2.45, 2.75) is 51.5 Å². The number of aryl methyl sites for hydroxylation is 1. The van der Waals surface area contributed by atoms with Crippen molar-refractivity contribution in [2.24, 2.45) is 0 Å². The van der Waals surface area contributed by atoms with Gasteiger partial charge in [-0.25, -0.2) is 14.5 Å². The number of aromatic nitrogens is 6. The minimum atomic E-state index is -0.909. The van der Waals surface area contributed by atoms with Crippen LogP contribution in [0.3, 0.4) is 0 Å². The highest BCUT2D eigenvalue weighted by molar-refractivity contribution is 6.30. The van der Waals surface area contributed by atoms with Gasteiger partial charge in [0.2, 0.25) is 0 Å². The van der Waals surface area contributed by atoms with E-state index in [4.69, 9.17) is 26.6 Å². The number of hydrogen-bond acceptors (Lipinski definition) is 9. The predicted octanol–water partition coefficient (Wildman–Crippen LogP) is 10.2. The van der Waals surface area contributed by atoms with Gasteiger partial charge in [-0.3, -0.25) is 0 Å². The predicted molar refractivity (Wildman–Crippen MR) is 236 cm³/mol. The number of nitrogens with zero attached hydrogens (tertiary/aromatic N) is 7. The molecule has 2 aromatic heterocycles. The van der Waals surface area contributed by atoms with Crippen LogP contribution in [-0.2, 0) is 41.3 Å². The van der Waals surface area contributed by atoms with Crippen LogP contribution >= 0.6 is 11.6 Å². The van der Waals surface area contributed by atoms with E-state index in [9.17, 15) is 14.9 Å². The number of rotatable bonds is 17. The molecule has 0 bridgehead atoms. The van der Waals surface area contributed by atoms with Crippen molar-refractivity contribution in [3.05, 3.63) is 224 Å². The van der Waals surface area contributed by atoms with Crippen LogP contribution in [-0.4, -0.2) is 40.8 Å². The fourth-order valence-corrected chi connectivity index (χ4v) is 8.08. The van der Waals surface area contributed by atoms with Gasteiger partial charge >= 0.3 is 5.97 Å². The molecule has 0 saturated carbocycles. The average Bonchev–Trinajstić information content (AvgIpc) is 3.92. The lowest BCUT2D eigenvalue weighted by atomic mass is 9.77. The Bertz CT molecular complexity index is 2660. The maximum Gasteiger partial charge on any atom is 0.338 e. The van der Waals surface area contributed by atoms with E-state index in [-0.39, 0.29) is 18.4 Å². The first-order valence-corrected chi connectivity index (χ1v) is 20.7. The van der Waals surface area contributed by atoms with Gasteiger partial charge in [-0.1, -0.05) is 177 Å². The van der Waals surface area contributed by atoms with Crippen LogP contribution in [0, 0.1) is 10.1 Å². The summed E-state index contributed by atoms with van der Waals surface area (Å²) in [5.41, 5.74) is 7.34. The van der Waals surface area contributed by atoms with Crippen LogP contribution < -0.4 is 0 Å². The summed E-state index contributed by atoms with van der Waals surface area (Å²) in [5.74, 6) is 0.847. The van der Waals surface area contributed by atoms with Crippen molar-refractivity contribution in [1.82, 2.24) is 29.8 Å². The highest BCUT2D eigenvalue weighted by Gasteiger charge is 2.42. The van der Waals surface area contributed by atoms with Crippen molar-refractivity contribution in [1.29, 1.82) is 0 Å². The summed E-state index contributed by atoms with van der Waals surface area (Å²) in [5, 5.41) is 23.8. The van der Waals surface area contributed by atoms with Crippen LogP contribution in [0.5, 0.6) is 0 Å². The summed E-state index contributed by atoms with van der Waals surface area (Å²) >= 11 is 6.73. The Hall–Kier alpha value is -7.44. The van der Waals surface area contributed by atoms with Gasteiger partial charge in [0.05, 0.1) is 11.3 Å². The Morgan fingerprint density at radius 3 is 1.87 bits per heavy atom. The minimum Gasteiger partial charge on any atom is -0.456 e. The lowest BCUT2D eigenvalue weighted by Gasteiger charge is -2.36. The van der Waals surface area contributed by atoms with Crippen LogP contribution in [0.1, 0.15) is 69.5 Å². The Labute approximate surface area is 363 Å². The smallest absolute Gasteiger partial charge is 0.338 e. The number of carbonyl (C=O) groups is 1. The molecule has 0 aliphatic heterocycles. The second kappa shape index (κ2) is 18.9. The molecule has 0 atom stereocenters. The Kier molecular flexibility index (Phi) is 12.6. The molecular formula is C49H42ClN7O5. The number of hydrogen-bond donors (Lipinski definition) is 0. The molecule has 0 aliphatic rings. The second-order valence-electron chi connectivity index (χ2n) is 14.7. The largest absolute Gasteiger partial charge is 0.456 e. The molecule has 0 unspecified atom stereocenters. The van der Waals surface area contributed by atoms with Crippen LogP contribution in [0.2, 0.25) is 5.15 Å². The number of esters is 1. The third-order valence-electron chi connectivity index (χ3n) is 10.9. The van der Waals surface area contributed by atoms with E-state index >= 15 is 0 Å². The molecule has 2 heterocycles. The average molecular weight is 844 g/mol. The van der Waals surface area contributed by atoms with E-state index in [1.807, 2.05) is 76.0 Å². The van der Waals surface area contributed by atoms with Gasteiger partial charge < -0.3 is 14.1 Å². The molecule has 0 fully saturated rings. The third-order valence-corrected chi connectivity index (χ3v) is 11.2. The van der Waals surface area contributed by atoms with E-state index in [0.717, 1.165) is 57.6 Å². The van der Waals surface area contributed by atoms with Crippen molar-refractivity contribution in [3.63, 3.8) is 0 Å². The second-order valence-corrected chi connectivity index (χ2v) is 15.0. The zero-order chi connectivity index (χ0) is 42.9. The molecule has 6 aromatic carbocycles. The molecule has 0 saturated heterocycles. The molecule has 13 heteroatoms. The van der Waals surface area contributed by atoms with Gasteiger partial charge in [0.1, 0.15) is 24.6 Å². The molecule has 0 amide bonds. The number of halogens is 1. The zero-order valence-corrected chi connectivity index (χ0v) is 34.6. The summed E-state index contributed by atoms with van der Waals surface area (Å²) in [6, 6.07) is 53.7. The SMILES string of the molecule is CCCCc1nc(Cl)c(COC(=O)c2ccc(CO[N+](=O)[O-])cc2)n1Cc1ccc(-c2ccccc2-c2nnnn2C(c2ccccc2)(c2ccccc2)c2ccccc2)cc1. The number of carbonyl (C=O) groups excluding carboxylic acids is 1. The topological polar surface area (TPSA) is 140 Å². The summed E-state index contributed by atoms with van der Waals surface area (Å²) in [6.45, 7) is 2.25. The molecule has 62 heavy (non-hydrogen) atoms. The lowest BCUT2D eigenvalue weighted by Crippen LogP contribution is -2.39. The first-order valence-electron chi connectivity index (χ1n) is 20.3. The molecule has 12 nitrogen and oxygen atoms in total. The molecule has 0 N–H and O–H groups in total. The van der Waals surface area contributed by atoms with Gasteiger partial charge in [0.15, 0.2) is 11.0 Å². The molecule has 0 spiro atoms. The molecule has 0 radical (unpaired) electrons. The lowest BCUT2D eigenvalue weighted by molar-refractivity contribution is -0.763. The van der Waals surface area contributed by atoms with Gasteiger partial charge in [-0.05, 0) is 67.9 Å². The highest BCUT2D eigenvalue weighted by Crippen LogP contribution is 2.43. The maximum atomic E-state index is 13.1. The maximum absolute atomic E-state index is 13.1. The third kappa shape index (κ3) is 8.59. The highest BCUT2D eigenvalue weighted by atomic mass is 35.5. The van der Waals surface area contributed by atoms with Crippen LogP contribution in [0.4, 0.5) is 0 Å². The van der Waals surface area contributed by atoms with Crippen molar-refractivity contribution in [2.75, 3.05) is 0 Å². The van der Waals surface area contributed by atoms with Gasteiger partial charge in [0, 0.05) is 18.5 Å². The van der Waals surface area contributed by atoms with E-state index in [1.165, 1.54) is 0 Å². The molecule has 310 valence electrons. The Morgan fingerprint density at radius 2 is 1.29 bits per heavy atom. The van der Waals surface area contributed by atoms with E-state index in [0.29, 0.717) is 35.6 Å². The minimum absolute atomic E-state index is 0.0976. The summed E-state index contributed by atoms with van der Waals surface area (Å²) in [4.78, 5) is 32.8. The van der Waals surface area contributed by atoms with Gasteiger partial charge in [-0.15, -0.1) is 15.2 Å². The summed E-state index contributed by atoms with van der Waals surface area (Å²) < 4.78 is 9.70. The summed E-state index contributed by atoms with van der Waals surface area (Å²) in [6.07, 6.45) is 2.58. The van der Waals surface area contributed by atoms with E-state index in [1.54, 1.807) is 24.3 Å². The molecule has 8 rings (SSSR count). The standard InChI is InChI=1S/C49H42ClN7O5/c1-2-3-23-45-51-46(50)44(34-61-48(58)38-30-26-36(27-31-38)33-62-57(59)60)55(45)32-35-24-28-37(29-25-35)42-21-13-14-22-43(42)47-52-53-54-56(47)49(39-15-7-4-8-16-39,40-17-9-5-10-18-40)41-19-11-6-12-20-41/h4-22,24-31H,2-3,23,32-34H2,1H3. The number of tetrazole rings is 1. The fraction of sp³-hybridized carbons (Fsp3) is 0.163. The van der Waals surface area contributed by atoms with Crippen LogP contribution in [0.15, 0.2) is 164 Å². The van der Waals surface area contributed by atoms with E-state index < -0.39 is 16.6 Å². The molecule has 8 aromatic rings. The first kappa shape index (κ1) is 41.3. The number of unbranched alkanes of at least 4 members (excludes halogenated alkanes) is 1. The quantitative estimate of drug-likeness (QED) is 0.0379. The number of ether oxygens (including phenoxy) is 1. The van der Waals surface area contributed by atoms with Gasteiger partial charge in [-0.2, -0.15) is 0 Å². The number of imidazole rings is 1. The normalized spacial score (nSPS) is 11.3. The van der Waals surface area contributed by atoms with E-state index in [2.05, 4.69) is 94.8 Å². The summed E-state index contributed by atoms with van der Waals surface area (Å²) in [7, 11) is 0. The first-order chi connectivity index (χ1) is 30.4. The monoisotopic (exact) mass is 843 g/mol. The van der Waals surface area contributed by atoms with Crippen molar-refractivity contribution in [3.8, 4) is 22.5 Å². The fourth-order valence-electron chi connectivity index (χ4n) is 7.82. The Balaban J connectivity index is 1.10. The van der Waals surface area contributed by atoms with Crippen molar-refractivity contribution >= 4 is 17.6 Å². The molecular weight excluding hydrogens is 802 g/mol. The van der Waals surface area contributed by atoms with Crippen LogP contribution in [0.25, 0.3) is 22.5 Å².